The first-order valence-electron chi connectivity index (χ1n) is 13.4. The molecule has 40 heavy (non-hydrogen) atoms. The number of anilines is 1. The summed E-state index contributed by atoms with van der Waals surface area (Å²) in [7, 11) is 1.56. The van der Waals surface area contributed by atoms with Gasteiger partial charge in [0.1, 0.15) is 29.2 Å². The minimum absolute atomic E-state index is 0.0626. The fraction of sp³-hybridized carbons (Fsp3) is 0.500. The molecule has 2 rings (SSSR count). The third kappa shape index (κ3) is 9.66. The Labute approximate surface area is 242 Å². The van der Waals surface area contributed by atoms with Crippen LogP contribution >= 0.6 is 11.8 Å². The number of nitrogens with zero attached hydrogens (tertiary/aromatic N) is 1. The van der Waals surface area contributed by atoms with Crippen molar-refractivity contribution in [3.8, 4) is 11.5 Å². The van der Waals surface area contributed by atoms with Crippen molar-refractivity contribution in [1.29, 1.82) is 0 Å². The molecule has 0 radical (unpaired) electrons. The molecule has 0 heterocycles. The SMILES string of the molecule is CCCCN(C(=O)C(CCSC)NC(=O)OC(C)(C)C)C(C(=O)Nc1ccc(OC)cc1)c1cccc(C)c1O. The fourth-order valence-electron chi connectivity index (χ4n) is 4.08. The van der Waals surface area contributed by atoms with E-state index in [-0.39, 0.29) is 12.3 Å². The first-order valence-corrected chi connectivity index (χ1v) is 14.8. The zero-order valence-electron chi connectivity index (χ0n) is 24.6. The molecule has 0 aliphatic heterocycles. The van der Waals surface area contributed by atoms with Crippen molar-refractivity contribution < 1.29 is 29.0 Å². The molecule has 0 bridgehead atoms. The number of phenols is 1. The summed E-state index contributed by atoms with van der Waals surface area (Å²) in [5.41, 5.74) is 0.647. The van der Waals surface area contributed by atoms with Crippen LogP contribution in [0.3, 0.4) is 0 Å². The van der Waals surface area contributed by atoms with E-state index >= 15 is 0 Å². The van der Waals surface area contributed by atoms with Gasteiger partial charge in [0.05, 0.1) is 7.11 Å². The highest BCUT2D eigenvalue weighted by Crippen LogP contribution is 2.33. The number of hydrogen-bond acceptors (Lipinski definition) is 7. The van der Waals surface area contributed by atoms with Crippen LogP contribution in [0.4, 0.5) is 10.5 Å². The van der Waals surface area contributed by atoms with Crippen molar-refractivity contribution in [2.75, 3.05) is 31.0 Å². The Kier molecular flexibility index (Phi) is 12.6. The summed E-state index contributed by atoms with van der Waals surface area (Å²) < 4.78 is 10.6. The number of aromatic hydroxyl groups is 1. The third-order valence-corrected chi connectivity index (χ3v) is 6.76. The highest BCUT2D eigenvalue weighted by molar-refractivity contribution is 7.98. The Balaban J connectivity index is 2.55. The minimum Gasteiger partial charge on any atom is -0.507 e. The van der Waals surface area contributed by atoms with Gasteiger partial charge in [-0.05, 0) is 82.4 Å². The number of amides is 3. The number of carbonyl (C=O) groups excluding carboxylic acids is 3. The van der Waals surface area contributed by atoms with Crippen molar-refractivity contribution in [2.45, 2.75) is 71.6 Å². The zero-order valence-corrected chi connectivity index (χ0v) is 25.4. The largest absolute Gasteiger partial charge is 0.507 e. The molecule has 220 valence electrons. The highest BCUT2D eigenvalue weighted by Gasteiger charge is 2.37. The van der Waals surface area contributed by atoms with Gasteiger partial charge >= 0.3 is 6.09 Å². The maximum absolute atomic E-state index is 14.2. The number of para-hydroxylation sites is 1. The van der Waals surface area contributed by atoms with Gasteiger partial charge in [-0.1, -0.05) is 31.5 Å². The van der Waals surface area contributed by atoms with Crippen LogP contribution < -0.4 is 15.4 Å². The van der Waals surface area contributed by atoms with Crippen LogP contribution in [0.2, 0.25) is 0 Å². The van der Waals surface area contributed by atoms with E-state index in [2.05, 4.69) is 10.6 Å². The lowest BCUT2D eigenvalue weighted by molar-refractivity contribution is -0.141. The molecule has 0 aromatic heterocycles. The maximum Gasteiger partial charge on any atom is 0.408 e. The quantitative estimate of drug-likeness (QED) is 0.283. The fourth-order valence-corrected chi connectivity index (χ4v) is 4.55. The molecule has 3 amide bonds. The monoisotopic (exact) mass is 573 g/mol. The summed E-state index contributed by atoms with van der Waals surface area (Å²) in [5.74, 6) is 0.259. The Morgan fingerprint density at radius 1 is 1.10 bits per heavy atom. The minimum atomic E-state index is -1.15. The molecule has 2 aromatic carbocycles. The number of methoxy groups -OCH3 is 1. The lowest BCUT2D eigenvalue weighted by atomic mass is 9.98. The molecule has 0 saturated heterocycles. The highest BCUT2D eigenvalue weighted by atomic mass is 32.2. The predicted molar refractivity (Wildman–Crippen MR) is 160 cm³/mol. The number of alkyl carbamates (subject to hydrolysis) is 1. The number of benzene rings is 2. The van der Waals surface area contributed by atoms with Gasteiger partial charge in [-0.25, -0.2) is 4.79 Å². The Hall–Kier alpha value is -3.40. The average molecular weight is 574 g/mol. The number of unbranched alkanes of at least 4 members (excludes halogenated alkanes) is 1. The van der Waals surface area contributed by atoms with Crippen LogP contribution in [0.15, 0.2) is 42.5 Å². The molecule has 0 fully saturated rings. The molecule has 3 N–H and O–H groups in total. The first kappa shape index (κ1) is 32.8. The van der Waals surface area contributed by atoms with Gasteiger partial charge in [0, 0.05) is 17.8 Å². The van der Waals surface area contributed by atoms with Crippen molar-refractivity contribution in [3.05, 3.63) is 53.6 Å². The van der Waals surface area contributed by atoms with Gasteiger partial charge in [0.25, 0.3) is 5.91 Å². The van der Waals surface area contributed by atoms with E-state index in [0.717, 1.165) is 6.42 Å². The van der Waals surface area contributed by atoms with Crippen molar-refractivity contribution in [3.63, 3.8) is 0 Å². The van der Waals surface area contributed by atoms with Crippen LogP contribution in [-0.2, 0) is 14.3 Å². The second kappa shape index (κ2) is 15.4. The van der Waals surface area contributed by atoms with Crippen LogP contribution in [-0.4, -0.2) is 65.2 Å². The molecule has 2 atom stereocenters. The summed E-state index contributed by atoms with van der Waals surface area (Å²) >= 11 is 1.55. The van der Waals surface area contributed by atoms with E-state index in [9.17, 15) is 19.5 Å². The van der Waals surface area contributed by atoms with E-state index in [1.807, 2.05) is 13.2 Å². The van der Waals surface area contributed by atoms with Crippen molar-refractivity contribution in [2.24, 2.45) is 0 Å². The molecule has 0 aliphatic carbocycles. The lowest BCUT2D eigenvalue weighted by Gasteiger charge is -2.35. The standard InChI is InChI=1S/C30H43N3O6S/c1-8-9-18-33(28(36)24(17-19-40-7)32-29(37)39-30(3,4)5)25(23-12-10-11-20(2)26(23)34)27(35)31-21-13-15-22(38-6)16-14-21/h10-16,24-25,34H,8-9,17-19H2,1-7H3,(H,31,35)(H,32,37). The summed E-state index contributed by atoms with van der Waals surface area (Å²) in [4.78, 5) is 42.3. The molecule has 0 spiro atoms. The van der Waals surface area contributed by atoms with Crippen molar-refractivity contribution in [1.82, 2.24) is 10.2 Å². The van der Waals surface area contributed by atoms with Crippen LogP contribution in [0.25, 0.3) is 0 Å². The zero-order chi connectivity index (χ0) is 29.9. The Morgan fingerprint density at radius 3 is 2.35 bits per heavy atom. The van der Waals surface area contributed by atoms with E-state index in [0.29, 0.717) is 41.2 Å². The molecule has 9 nitrogen and oxygen atoms in total. The number of hydrogen-bond donors (Lipinski definition) is 3. The van der Waals surface area contributed by atoms with Crippen LogP contribution in [0.1, 0.15) is 64.1 Å². The number of carbonyl (C=O) groups is 3. The average Bonchev–Trinajstić information content (AvgIpc) is 2.90. The topological polar surface area (TPSA) is 117 Å². The third-order valence-electron chi connectivity index (χ3n) is 6.12. The van der Waals surface area contributed by atoms with E-state index < -0.39 is 35.6 Å². The summed E-state index contributed by atoms with van der Waals surface area (Å²) in [6.45, 7) is 9.22. The lowest BCUT2D eigenvalue weighted by Crippen LogP contribution is -2.52. The molecule has 2 unspecified atom stereocenters. The second-order valence-corrected chi connectivity index (χ2v) is 11.5. The molecular formula is C30H43N3O6S. The molecular weight excluding hydrogens is 530 g/mol. The number of rotatable bonds is 13. The Morgan fingerprint density at radius 2 is 1.77 bits per heavy atom. The van der Waals surface area contributed by atoms with Gasteiger partial charge in [-0.15, -0.1) is 0 Å². The van der Waals surface area contributed by atoms with Crippen LogP contribution in [0.5, 0.6) is 11.5 Å². The number of thioether (sulfide) groups is 1. The van der Waals surface area contributed by atoms with Crippen molar-refractivity contribution >= 4 is 35.4 Å². The first-order chi connectivity index (χ1) is 18.9. The van der Waals surface area contributed by atoms with E-state index in [4.69, 9.17) is 9.47 Å². The van der Waals surface area contributed by atoms with Gasteiger partial charge in [-0.2, -0.15) is 11.8 Å². The second-order valence-electron chi connectivity index (χ2n) is 10.5. The normalized spacial score (nSPS) is 12.7. The number of nitrogens with one attached hydrogen (secondary N) is 2. The van der Waals surface area contributed by atoms with Gasteiger partial charge in [0.15, 0.2) is 0 Å². The van der Waals surface area contributed by atoms with E-state index in [1.54, 1.807) is 89.0 Å². The number of ether oxygens (including phenoxy) is 2. The molecule has 10 heteroatoms. The van der Waals surface area contributed by atoms with E-state index in [1.165, 1.54) is 4.90 Å². The van der Waals surface area contributed by atoms with Gasteiger partial charge in [-0.3, -0.25) is 9.59 Å². The summed E-state index contributed by atoms with van der Waals surface area (Å²) in [5, 5.41) is 16.6. The summed E-state index contributed by atoms with van der Waals surface area (Å²) in [6, 6.07) is 9.88. The maximum atomic E-state index is 14.2. The summed E-state index contributed by atoms with van der Waals surface area (Å²) in [6.07, 6.45) is 2.94. The van der Waals surface area contributed by atoms with Gasteiger partial charge < -0.3 is 30.1 Å². The number of phenolic OH excluding ortho intramolecular Hbond substituents is 1. The van der Waals surface area contributed by atoms with Crippen LogP contribution in [0, 0.1) is 6.92 Å². The predicted octanol–water partition coefficient (Wildman–Crippen LogP) is 5.66. The smallest absolute Gasteiger partial charge is 0.408 e. The molecule has 2 aromatic rings. The Bertz CT molecular complexity index is 1130. The molecule has 0 saturated carbocycles. The number of aryl methyl sites for hydroxylation is 1. The molecule has 0 aliphatic rings. The van der Waals surface area contributed by atoms with Gasteiger partial charge in [0.2, 0.25) is 5.91 Å².